The van der Waals surface area contributed by atoms with Crippen LogP contribution in [0.4, 0.5) is 5.69 Å². The highest BCUT2D eigenvalue weighted by Crippen LogP contribution is 2.35. The number of phenolic OH excluding ortho intramolecular Hbond substituents is 1. The van der Waals surface area contributed by atoms with E-state index in [-0.39, 0.29) is 11.7 Å². The number of fused-ring (bicyclic) bond motifs is 1. The number of aryl methyl sites for hydroxylation is 1. The average Bonchev–Trinajstić information content (AvgIpc) is 3.29. The number of ether oxygens (including phenoxy) is 1. The van der Waals surface area contributed by atoms with Crippen LogP contribution in [0.15, 0.2) is 79.0 Å². The number of methoxy groups -OCH3 is 1. The van der Waals surface area contributed by atoms with Gasteiger partial charge in [0.15, 0.2) is 0 Å². The number of anilines is 1. The fourth-order valence-electron chi connectivity index (χ4n) is 3.78. The summed E-state index contributed by atoms with van der Waals surface area (Å²) in [5, 5.41) is 13.4. The predicted molar refractivity (Wildman–Crippen MR) is 132 cm³/mol. The SMILES string of the molecule is COc1ncccc1-c1ccc(O)c(-c2nc3cc(C(=O)Nc4ccc(C)cc4)ccc3[nH]2)c1. The quantitative estimate of drug-likeness (QED) is 0.325. The van der Waals surface area contributed by atoms with Gasteiger partial charge in [0.05, 0.1) is 23.7 Å². The standard InChI is InChI=1S/C27H22N4O3/c1-16-5-9-19(10-6-16)29-26(33)18-7-11-22-23(15-18)31-25(30-22)21-14-17(8-12-24(21)32)20-4-3-13-28-27(20)34-2/h3-15,32H,1-2H3,(H,29,33)(H,30,31). The van der Waals surface area contributed by atoms with E-state index in [0.29, 0.717) is 28.3 Å². The van der Waals surface area contributed by atoms with Crippen molar-refractivity contribution in [3.63, 3.8) is 0 Å². The molecule has 0 unspecified atom stereocenters. The third kappa shape index (κ3) is 4.06. The van der Waals surface area contributed by atoms with Gasteiger partial charge < -0.3 is 20.1 Å². The molecular weight excluding hydrogens is 428 g/mol. The second-order valence-corrected chi connectivity index (χ2v) is 7.93. The molecule has 1 amide bonds. The Morgan fingerprint density at radius 2 is 1.82 bits per heavy atom. The highest BCUT2D eigenvalue weighted by Gasteiger charge is 2.15. The second-order valence-electron chi connectivity index (χ2n) is 7.93. The summed E-state index contributed by atoms with van der Waals surface area (Å²) < 4.78 is 5.37. The van der Waals surface area contributed by atoms with Crippen molar-refractivity contribution in [3.05, 3.63) is 90.1 Å². The number of hydrogen-bond acceptors (Lipinski definition) is 5. The number of nitrogens with one attached hydrogen (secondary N) is 2. The highest BCUT2D eigenvalue weighted by atomic mass is 16.5. The normalized spacial score (nSPS) is 10.9. The maximum Gasteiger partial charge on any atom is 0.255 e. The first-order valence-electron chi connectivity index (χ1n) is 10.7. The number of aromatic amines is 1. The lowest BCUT2D eigenvalue weighted by atomic mass is 10.0. The van der Waals surface area contributed by atoms with E-state index in [2.05, 4.69) is 20.3 Å². The number of aromatic hydroxyl groups is 1. The molecule has 5 aromatic rings. The van der Waals surface area contributed by atoms with Crippen LogP contribution < -0.4 is 10.1 Å². The van der Waals surface area contributed by atoms with Crippen LogP contribution in [0.5, 0.6) is 11.6 Å². The van der Waals surface area contributed by atoms with Gasteiger partial charge in [-0.3, -0.25) is 4.79 Å². The molecule has 0 aliphatic heterocycles. The summed E-state index contributed by atoms with van der Waals surface area (Å²) in [4.78, 5) is 24.8. The monoisotopic (exact) mass is 450 g/mol. The van der Waals surface area contributed by atoms with Gasteiger partial charge in [-0.15, -0.1) is 0 Å². The Labute approximate surface area is 196 Å². The number of pyridine rings is 1. The number of rotatable bonds is 5. The molecule has 0 atom stereocenters. The second kappa shape index (κ2) is 8.71. The summed E-state index contributed by atoms with van der Waals surface area (Å²) in [6, 6.07) is 21.9. The number of phenols is 1. The largest absolute Gasteiger partial charge is 0.507 e. The fourth-order valence-corrected chi connectivity index (χ4v) is 3.78. The Balaban J connectivity index is 1.48. The number of imidazole rings is 1. The van der Waals surface area contributed by atoms with E-state index in [1.54, 1.807) is 43.6 Å². The third-order valence-electron chi connectivity index (χ3n) is 5.58. The summed E-state index contributed by atoms with van der Waals surface area (Å²) in [7, 11) is 1.57. The van der Waals surface area contributed by atoms with Crippen LogP contribution in [-0.4, -0.2) is 33.1 Å². The van der Waals surface area contributed by atoms with Crippen LogP contribution in [0.2, 0.25) is 0 Å². The first-order valence-corrected chi connectivity index (χ1v) is 10.7. The van der Waals surface area contributed by atoms with Crippen LogP contribution in [0.1, 0.15) is 15.9 Å². The van der Waals surface area contributed by atoms with Crippen molar-refractivity contribution in [2.75, 3.05) is 12.4 Å². The smallest absolute Gasteiger partial charge is 0.255 e. The van der Waals surface area contributed by atoms with Gasteiger partial charge in [-0.2, -0.15) is 0 Å². The lowest BCUT2D eigenvalue weighted by molar-refractivity contribution is 0.102. The van der Waals surface area contributed by atoms with Crippen molar-refractivity contribution >= 4 is 22.6 Å². The molecule has 0 saturated heterocycles. The van der Waals surface area contributed by atoms with Gasteiger partial charge in [-0.05, 0) is 67.1 Å². The van der Waals surface area contributed by atoms with Gasteiger partial charge in [0.25, 0.3) is 5.91 Å². The zero-order valence-electron chi connectivity index (χ0n) is 18.7. The van der Waals surface area contributed by atoms with Gasteiger partial charge in [0.2, 0.25) is 5.88 Å². The fraction of sp³-hybridized carbons (Fsp3) is 0.0741. The van der Waals surface area contributed by atoms with Gasteiger partial charge in [-0.25, -0.2) is 9.97 Å². The van der Waals surface area contributed by atoms with Crippen LogP contribution in [0.3, 0.4) is 0 Å². The third-order valence-corrected chi connectivity index (χ3v) is 5.58. The van der Waals surface area contributed by atoms with Crippen molar-refractivity contribution in [3.8, 4) is 34.1 Å². The molecule has 168 valence electrons. The van der Waals surface area contributed by atoms with E-state index in [1.807, 2.05) is 49.4 Å². The molecule has 2 heterocycles. The zero-order valence-corrected chi connectivity index (χ0v) is 18.7. The molecule has 5 rings (SSSR count). The Morgan fingerprint density at radius 1 is 1.00 bits per heavy atom. The molecule has 0 aliphatic rings. The highest BCUT2D eigenvalue weighted by molar-refractivity contribution is 6.06. The maximum absolute atomic E-state index is 12.7. The lowest BCUT2D eigenvalue weighted by Gasteiger charge is -2.09. The van der Waals surface area contributed by atoms with Crippen LogP contribution in [-0.2, 0) is 0 Å². The number of aromatic nitrogens is 3. The Bertz CT molecular complexity index is 1510. The average molecular weight is 450 g/mol. The van der Waals surface area contributed by atoms with E-state index >= 15 is 0 Å². The number of amides is 1. The molecular formula is C27H22N4O3. The first-order chi connectivity index (χ1) is 16.5. The van der Waals surface area contributed by atoms with Crippen molar-refractivity contribution in [2.45, 2.75) is 6.92 Å². The van der Waals surface area contributed by atoms with Crippen LogP contribution in [0.25, 0.3) is 33.5 Å². The summed E-state index contributed by atoms with van der Waals surface area (Å²) in [5.74, 6) is 0.855. The van der Waals surface area contributed by atoms with E-state index in [0.717, 1.165) is 27.9 Å². The molecule has 0 radical (unpaired) electrons. The Hall–Kier alpha value is -4.65. The molecule has 7 heteroatoms. The van der Waals surface area contributed by atoms with Gasteiger partial charge >= 0.3 is 0 Å². The van der Waals surface area contributed by atoms with Crippen LogP contribution >= 0.6 is 0 Å². The van der Waals surface area contributed by atoms with Crippen molar-refractivity contribution < 1.29 is 14.6 Å². The number of carbonyl (C=O) groups is 1. The molecule has 0 bridgehead atoms. The minimum Gasteiger partial charge on any atom is -0.507 e. The van der Waals surface area contributed by atoms with Crippen molar-refractivity contribution in [2.24, 2.45) is 0 Å². The summed E-state index contributed by atoms with van der Waals surface area (Å²) in [5.41, 5.74) is 5.88. The summed E-state index contributed by atoms with van der Waals surface area (Å²) in [6.07, 6.45) is 1.66. The molecule has 0 aliphatic carbocycles. The number of nitrogens with zero attached hydrogens (tertiary/aromatic N) is 2. The van der Waals surface area contributed by atoms with E-state index < -0.39 is 0 Å². The van der Waals surface area contributed by atoms with Gasteiger partial charge in [0, 0.05) is 23.0 Å². The molecule has 7 nitrogen and oxygen atoms in total. The molecule has 2 aromatic heterocycles. The first kappa shape index (κ1) is 21.2. The lowest BCUT2D eigenvalue weighted by Crippen LogP contribution is -2.11. The molecule has 34 heavy (non-hydrogen) atoms. The van der Waals surface area contributed by atoms with Crippen molar-refractivity contribution in [1.29, 1.82) is 0 Å². The van der Waals surface area contributed by atoms with E-state index in [1.165, 1.54) is 0 Å². The van der Waals surface area contributed by atoms with Gasteiger partial charge in [-0.1, -0.05) is 23.8 Å². The number of carbonyl (C=O) groups excluding carboxylic acids is 1. The summed E-state index contributed by atoms with van der Waals surface area (Å²) >= 11 is 0. The molecule has 0 spiro atoms. The van der Waals surface area contributed by atoms with E-state index in [9.17, 15) is 9.90 Å². The Kier molecular flexibility index (Phi) is 5.43. The number of H-pyrrole nitrogens is 1. The molecule has 3 N–H and O–H groups in total. The van der Waals surface area contributed by atoms with Crippen LogP contribution in [0, 0.1) is 6.92 Å². The number of benzene rings is 3. The topological polar surface area (TPSA) is 100 Å². The van der Waals surface area contributed by atoms with E-state index in [4.69, 9.17) is 4.74 Å². The number of hydrogen-bond donors (Lipinski definition) is 3. The minimum atomic E-state index is -0.219. The molecule has 3 aromatic carbocycles. The maximum atomic E-state index is 12.7. The molecule has 0 saturated carbocycles. The predicted octanol–water partition coefficient (Wildman–Crippen LogP) is 5.57. The Morgan fingerprint density at radius 3 is 2.62 bits per heavy atom. The van der Waals surface area contributed by atoms with Crippen molar-refractivity contribution in [1.82, 2.24) is 15.0 Å². The minimum absolute atomic E-state index is 0.0861. The molecule has 0 fully saturated rings. The van der Waals surface area contributed by atoms with Gasteiger partial charge in [0.1, 0.15) is 11.6 Å². The summed E-state index contributed by atoms with van der Waals surface area (Å²) in [6.45, 7) is 2.00. The zero-order chi connectivity index (χ0) is 23.7.